The van der Waals surface area contributed by atoms with E-state index in [0.717, 1.165) is 29.6 Å². The van der Waals surface area contributed by atoms with E-state index in [4.69, 9.17) is 0 Å². The minimum Gasteiger partial charge on any atom is -0.354 e. The Morgan fingerprint density at radius 2 is 2.04 bits per heavy atom. The minimum atomic E-state index is -4.42. The molecule has 0 radical (unpaired) electrons. The summed E-state index contributed by atoms with van der Waals surface area (Å²) in [5.74, 6) is 0.673. The lowest BCUT2D eigenvalue weighted by atomic mass is 10.0. The van der Waals surface area contributed by atoms with Crippen LogP contribution in [0.25, 0.3) is 0 Å². The van der Waals surface area contributed by atoms with E-state index < -0.39 is 11.9 Å². The third-order valence-corrected chi connectivity index (χ3v) is 4.96. The van der Waals surface area contributed by atoms with Crippen molar-refractivity contribution in [2.75, 3.05) is 20.1 Å². The van der Waals surface area contributed by atoms with Crippen molar-refractivity contribution in [2.24, 2.45) is 10.9 Å². The van der Waals surface area contributed by atoms with Gasteiger partial charge in [-0.25, -0.2) is 4.98 Å². The van der Waals surface area contributed by atoms with Crippen LogP contribution in [0, 0.1) is 5.92 Å². The molecule has 1 fully saturated rings. The number of halogens is 4. The molecule has 2 N–H and O–H groups in total. The Labute approximate surface area is 178 Å². The summed E-state index contributed by atoms with van der Waals surface area (Å²) in [5.41, 5.74) is -0.871. The van der Waals surface area contributed by atoms with Crippen molar-refractivity contribution in [3.63, 3.8) is 0 Å². The zero-order valence-corrected chi connectivity index (χ0v) is 18.6. The summed E-state index contributed by atoms with van der Waals surface area (Å²) in [6.45, 7) is 5.33. The maximum atomic E-state index is 12.6. The van der Waals surface area contributed by atoms with Crippen LogP contribution in [-0.2, 0) is 17.5 Å². The third-order valence-electron chi connectivity index (χ3n) is 4.11. The van der Waals surface area contributed by atoms with E-state index in [1.807, 2.05) is 18.7 Å². The van der Waals surface area contributed by atoms with Crippen LogP contribution < -0.4 is 10.6 Å². The molecule has 0 unspecified atom stereocenters. The van der Waals surface area contributed by atoms with Crippen LogP contribution in [0.15, 0.2) is 10.4 Å². The lowest BCUT2D eigenvalue weighted by molar-refractivity contribution is -0.140. The van der Waals surface area contributed by atoms with E-state index in [0.29, 0.717) is 24.1 Å². The number of amides is 1. The fraction of sp³-hybridized carbons (Fsp3) is 0.688. The van der Waals surface area contributed by atoms with Gasteiger partial charge in [-0.05, 0) is 12.8 Å². The van der Waals surface area contributed by atoms with Crippen LogP contribution in [0.2, 0.25) is 0 Å². The number of nitrogens with one attached hydrogen (secondary N) is 2. The molecular formula is C16H25F3IN5OS. The van der Waals surface area contributed by atoms with Crippen molar-refractivity contribution in [3.8, 4) is 0 Å². The summed E-state index contributed by atoms with van der Waals surface area (Å²) >= 11 is 0.961. The van der Waals surface area contributed by atoms with Gasteiger partial charge >= 0.3 is 6.18 Å². The number of guanidine groups is 1. The molecule has 1 saturated heterocycles. The molecule has 0 bridgehead atoms. The molecule has 27 heavy (non-hydrogen) atoms. The van der Waals surface area contributed by atoms with Gasteiger partial charge in [-0.2, -0.15) is 13.2 Å². The lowest BCUT2D eigenvalue weighted by Gasteiger charge is -2.34. The molecule has 0 atom stereocenters. The highest BCUT2D eigenvalue weighted by Crippen LogP contribution is 2.29. The third kappa shape index (κ3) is 7.09. The van der Waals surface area contributed by atoms with Crippen molar-refractivity contribution >= 4 is 47.2 Å². The number of hydrogen-bond donors (Lipinski definition) is 2. The largest absolute Gasteiger partial charge is 0.434 e. The Kier molecular flexibility index (Phi) is 9.25. The van der Waals surface area contributed by atoms with Gasteiger partial charge in [-0.1, -0.05) is 13.8 Å². The number of hydrogen-bond acceptors (Lipinski definition) is 4. The predicted molar refractivity (Wildman–Crippen MR) is 110 cm³/mol. The second-order valence-corrected chi connectivity index (χ2v) is 7.39. The second-order valence-electron chi connectivity index (χ2n) is 6.45. The van der Waals surface area contributed by atoms with Gasteiger partial charge in [0.1, 0.15) is 5.01 Å². The van der Waals surface area contributed by atoms with E-state index in [9.17, 15) is 18.0 Å². The first-order valence-electron chi connectivity index (χ1n) is 8.48. The first-order chi connectivity index (χ1) is 12.2. The highest BCUT2D eigenvalue weighted by Gasteiger charge is 2.33. The van der Waals surface area contributed by atoms with Crippen molar-refractivity contribution in [1.82, 2.24) is 20.5 Å². The number of carbonyl (C=O) groups excluding carboxylic acids is 1. The molecule has 1 aliphatic heterocycles. The van der Waals surface area contributed by atoms with Gasteiger partial charge in [0.05, 0.1) is 6.54 Å². The van der Waals surface area contributed by atoms with E-state index in [-0.39, 0.29) is 48.4 Å². The summed E-state index contributed by atoms with van der Waals surface area (Å²) < 4.78 is 37.7. The molecule has 1 aliphatic rings. The molecule has 0 aromatic carbocycles. The number of thiazole rings is 1. The SMILES string of the molecule is CN=C(NCc1nc(C(F)(F)F)cs1)NC1CCN(C(=O)C(C)C)CC1.I. The van der Waals surface area contributed by atoms with Gasteiger partial charge in [0, 0.05) is 37.5 Å². The molecule has 0 aliphatic carbocycles. The average molecular weight is 519 g/mol. The van der Waals surface area contributed by atoms with Crippen LogP contribution in [0.4, 0.5) is 13.2 Å². The number of aromatic nitrogens is 1. The Bertz CT molecular complexity index is 642. The summed E-state index contributed by atoms with van der Waals surface area (Å²) in [7, 11) is 1.61. The number of rotatable bonds is 4. The number of aliphatic imine (C=N–C) groups is 1. The first kappa shape index (κ1) is 23.9. The Morgan fingerprint density at radius 1 is 1.41 bits per heavy atom. The van der Waals surface area contributed by atoms with Crippen LogP contribution in [0.5, 0.6) is 0 Å². The van der Waals surface area contributed by atoms with Crippen LogP contribution in [0.1, 0.15) is 37.4 Å². The first-order valence-corrected chi connectivity index (χ1v) is 9.36. The van der Waals surface area contributed by atoms with Gasteiger partial charge in [0.2, 0.25) is 5.91 Å². The second kappa shape index (κ2) is 10.4. The van der Waals surface area contributed by atoms with Crippen LogP contribution in [0.3, 0.4) is 0 Å². The topological polar surface area (TPSA) is 69.6 Å². The molecule has 6 nitrogen and oxygen atoms in total. The van der Waals surface area contributed by atoms with Gasteiger partial charge in [0.15, 0.2) is 11.7 Å². The molecule has 2 heterocycles. The average Bonchev–Trinajstić information content (AvgIpc) is 3.07. The molecular weight excluding hydrogens is 494 g/mol. The molecule has 1 aromatic heterocycles. The summed E-state index contributed by atoms with van der Waals surface area (Å²) in [4.78, 5) is 21.6. The number of nitrogens with zero attached hydrogens (tertiary/aromatic N) is 3. The molecule has 1 amide bonds. The van der Waals surface area contributed by atoms with Crippen molar-refractivity contribution in [2.45, 2.75) is 45.5 Å². The van der Waals surface area contributed by atoms with Crippen LogP contribution in [-0.4, -0.2) is 47.9 Å². The van der Waals surface area contributed by atoms with Crippen molar-refractivity contribution in [1.29, 1.82) is 0 Å². The summed E-state index contributed by atoms with van der Waals surface area (Å²) in [6.07, 6.45) is -2.82. The molecule has 2 rings (SSSR count). The Morgan fingerprint density at radius 3 is 2.52 bits per heavy atom. The number of carbonyl (C=O) groups is 1. The van der Waals surface area contributed by atoms with Crippen molar-refractivity contribution < 1.29 is 18.0 Å². The van der Waals surface area contributed by atoms with Crippen LogP contribution >= 0.6 is 35.3 Å². The van der Waals surface area contributed by atoms with Gasteiger partial charge in [-0.3, -0.25) is 9.79 Å². The zero-order valence-electron chi connectivity index (χ0n) is 15.5. The maximum absolute atomic E-state index is 12.6. The zero-order chi connectivity index (χ0) is 19.3. The van der Waals surface area contributed by atoms with Gasteiger partial charge in [0.25, 0.3) is 0 Å². The molecule has 0 spiro atoms. The van der Waals surface area contributed by atoms with Crippen molar-refractivity contribution in [3.05, 3.63) is 16.1 Å². The quantitative estimate of drug-likeness (QED) is 0.365. The van der Waals surface area contributed by atoms with E-state index in [2.05, 4.69) is 20.6 Å². The molecule has 154 valence electrons. The number of likely N-dealkylation sites (tertiary alicyclic amines) is 1. The molecule has 1 aromatic rings. The monoisotopic (exact) mass is 519 g/mol. The van der Waals surface area contributed by atoms with Gasteiger partial charge in [-0.15, -0.1) is 35.3 Å². The predicted octanol–water partition coefficient (Wildman–Crippen LogP) is 3.09. The molecule has 0 saturated carbocycles. The highest BCUT2D eigenvalue weighted by molar-refractivity contribution is 14.0. The smallest absolute Gasteiger partial charge is 0.354 e. The normalized spacial score (nSPS) is 16.3. The highest BCUT2D eigenvalue weighted by atomic mass is 127. The fourth-order valence-corrected chi connectivity index (χ4v) is 3.42. The summed E-state index contributed by atoms with van der Waals surface area (Å²) in [5, 5.41) is 7.60. The minimum absolute atomic E-state index is 0. The maximum Gasteiger partial charge on any atom is 0.434 e. The van der Waals surface area contributed by atoms with E-state index >= 15 is 0 Å². The lowest BCUT2D eigenvalue weighted by Crippen LogP contribution is -2.50. The number of piperidine rings is 1. The molecule has 11 heteroatoms. The number of alkyl halides is 3. The fourth-order valence-electron chi connectivity index (χ4n) is 2.68. The van der Waals surface area contributed by atoms with Gasteiger partial charge < -0.3 is 15.5 Å². The van der Waals surface area contributed by atoms with E-state index in [1.165, 1.54) is 0 Å². The standard InChI is InChI=1S/C16H24F3N5OS.HI/c1-10(2)14(25)24-6-4-11(5-7-24)22-15(20-3)21-8-13-23-12(9-26-13)16(17,18)19;/h9-11H,4-8H2,1-3H3,(H2,20,21,22);1H. The Balaban J connectivity index is 0.00000364. The summed E-state index contributed by atoms with van der Waals surface area (Å²) in [6, 6.07) is 0.166. The van der Waals surface area contributed by atoms with E-state index in [1.54, 1.807) is 7.05 Å². The Hall–Kier alpha value is -1.11.